The molecule has 10 heavy (non-hydrogen) atoms. The maximum atomic E-state index is 2.31. The topological polar surface area (TPSA) is 0 Å². The summed E-state index contributed by atoms with van der Waals surface area (Å²) in [6, 6.07) is 0. The Balaban J connectivity index is 3.89. The number of rotatable bonds is 3. The standard InChI is InChI=1S/C10H18/c1-5-7-10(4)8-9(3)6-2/h5,7-9H,6H2,1-4H3. The van der Waals surface area contributed by atoms with Gasteiger partial charge in [-0.2, -0.15) is 0 Å². The van der Waals surface area contributed by atoms with E-state index in [0.717, 1.165) is 5.92 Å². The average molecular weight is 138 g/mol. The van der Waals surface area contributed by atoms with Crippen LogP contribution in [0.4, 0.5) is 0 Å². The van der Waals surface area contributed by atoms with E-state index in [4.69, 9.17) is 0 Å². The molecule has 0 fully saturated rings. The fourth-order valence-corrected chi connectivity index (χ4v) is 0.885. The van der Waals surface area contributed by atoms with Gasteiger partial charge in [-0.1, -0.05) is 44.1 Å². The zero-order valence-electron chi connectivity index (χ0n) is 7.52. The predicted octanol–water partition coefficient (Wildman–Crippen LogP) is 3.55. The second-order valence-corrected chi connectivity index (χ2v) is 2.80. The van der Waals surface area contributed by atoms with Crippen LogP contribution < -0.4 is 0 Å². The normalized spacial score (nSPS) is 16.2. The minimum absolute atomic E-state index is 0.719. The van der Waals surface area contributed by atoms with Crippen molar-refractivity contribution >= 4 is 0 Å². The zero-order valence-corrected chi connectivity index (χ0v) is 7.52. The highest BCUT2D eigenvalue weighted by molar-refractivity contribution is 5.15. The summed E-state index contributed by atoms with van der Waals surface area (Å²) >= 11 is 0. The van der Waals surface area contributed by atoms with Crippen LogP contribution in [0.3, 0.4) is 0 Å². The highest BCUT2D eigenvalue weighted by Gasteiger charge is 1.91. The quantitative estimate of drug-likeness (QED) is 0.523. The van der Waals surface area contributed by atoms with Gasteiger partial charge < -0.3 is 0 Å². The van der Waals surface area contributed by atoms with Crippen LogP contribution in [0.25, 0.3) is 0 Å². The van der Waals surface area contributed by atoms with Gasteiger partial charge in [-0.15, -0.1) is 0 Å². The third-order valence-corrected chi connectivity index (χ3v) is 1.62. The monoisotopic (exact) mass is 138 g/mol. The van der Waals surface area contributed by atoms with Gasteiger partial charge in [-0.05, 0) is 19.8 Å². The van der Waals surface area contributed by atoms with E-state index in [1.807, 2.05) is 6.92 Å². The van der Waals surface area contributed by atoms with E-state index in [-0.39, 0.29) is 0 Å². The van der Waals surface area contributed by atoms with E-state index < -0.39 is 0 Å². The van der Waals surface area contributed by atoms with Crippen molar-refractivity contribution in [2.24, 2.45) is 5.92 Å². The average Bonchev–Trinajstić information content (AvgIpc) is 1.88. The van der Waals surface area contributed by atoms with E-state index in [2.05, 4.69) is 39.0 Å². The SMILES string of the molecule is CC=CC(C)=CC(C)CC. The van der Waals surface area contributed by atoms with Gasteiger partial charge in [0.2, 0.25) is 0 Å². The maximum absolute atomic E-state index is 2.31. The molecule has 0 aromatic carbocycles. The van der Waals surface area contributed by atoms with Crippen LogP contribution in [0, 0.1) is 5.92 Å². The smallest absolute Gasteiger partial charge is 0.0259 e. The van der Waals surface area contributed by atoms with Gasteiger partial charge in [-0.25, -0.2) is 0 Å². The first-order valence-electron chi connectivity index (χ1n) is 4.01. The second kappa shape index (κ2) is 5.28. The van der Waals surface area contributed by atoms with Crippen LogP contribution in [-0.2, 0) is 0 Å². The molecule has 0 aliphatic heterocycles. The summed E-state index contributed by atoms with van der Waals surface area (Å²) < 4.78 is 0. The van der Waals surface area contributed by atoms with Crippen molar-refractivity contribution in [1.82, 2.24) is 0 Å². The van der Waals surface area contributed by atoms with E-state index in [1.54, 1.807) is 0 Å². The lowest BCUT2D eigenvalue weighted by atomic mass is 10.1. The number of hydrogen-bond acceptors (Lipinski definition) is 0. The highest BCUT2D eigenvalue weighted by Crippen LogP contribution is 2.06. The summed E-state index contributed by atoms with van der Waals surface area (Å²) in [7, 11) is 0. The second-order valence-electron chi connectivity index (χ2n) is 2.80. The van der Waals surface area contributed by atoms with Crippen molar-refractivity contribution in [1.29, 1.82) is 0 Å². The molecule has 58 valence electrons. The first-order valence-corrected chi connectivity index (χ1v) is 4.01. The molecule has 0 spiro atoms. The summed E-state index contributed by atoms with van der Waals surface area (Å²) in [6.45, 7) is 8.65. The van der Waals surface area contributed by atoms with Crippen molar-refractivity contribution in [3.8, 4) is 0 Å². The third kappa shape index (κ3) is 4.37. The van der Waals surface area contributed by atoms with Crippen molar-refractivity contribution in [3.05, 3.63) is 23.8 Å². The predicted molar refractivity (Wildman–Crippen MR) is 48.0 cm³/mol. The van der Waals surface area contributed by atoms with E-state index >= 15 is 0 Å². The van der Waals surface area contributed by atoms with Crippen molar-refractivity contribution in [2.45, 2.75) is 34.1 Å². The molecule has 1 atom stereocenters. The molecule has 0 N–H and O–H groups in total. The first-order chi connectivity index (χ1) is 4.70. The summed E-state index contributed by atoms with van der Waals surface area (Å²) in [6.07, 6.45) is 7.76. The van der Waals surface area contributed by atoms with Crippen LogP contribution in [-0.4, -0.2) is 0 Å². The number of hydrogen-bond donors (Lipinski definition) is 0. The van der Waals surface area contributed by atoms with Gasteiger partial charge in [0.15, 0.2) is 0 Å². The molecular weight excluding hydrogens is 120 g/mol. The summed E-state index contributed by atoms with van der Waals surface area (Å²) in [4.78, 5) is 0. The van der Waals surface area contributed by atoms with Gasteiger partial charge in [-0.3, -0.25) is 0 Å². The molecule has 0 aromatic rings. The van der Waals surface area contributed by atoms with Gasteiger partial charge in [0, 0.05) is 0 Å². The molecule has 0 nitrogen and oxygen atoms in total. The third-order valence-electron chi connectivity index (χ3n) is 1.62. The Hall–Kier alpha value is -0.520. The van der Waals surface area contributed by atoms with Crippen LogP contribution in [0.1, 0.15) is 34.1 Å². The van der Waals surface area contributed by atoms with Gasteiger partial charge in [0.1, 0.15) is 0 Å². The Morgan fingerprint density at radius 1 is 1.50 bits per heavy atom. The lowest BCUT2D eigenvalue weighted by molar-refractivity contribution is 0.694. The minimum Gasteiger partial charge on any atom is -0.0874 e. The van der Waals surface area contributed by atoms with Crippen molar-refractivity contribution < 1.29 is 0 Å². The number of allylic oxidation sites excluding steroid dienone is 4. The fraction of sp³-hybridized carbons (Fsp3) is 0.600. The minimum atomic E-state index is 0.719. The van der Waals surface area contributed by atoms with Gasteiger partial charge in [0.05, 0.1) is 0 Å². The van der Waals surface area contributed by atoms with Crippen LogP contribution in [0.15, 0.2) is 23.8 Å². The molecule has 0 aliphatic carbocycles. The summed E-state index contributed by atoms with van der Waals surface area (Å²) in [5.41, 5.74) is 1.37. The van der Waals surface area contributed by atoms with Gasteiger partial charge >= 0.3 is 0 Å². The van der Waals surface area contributed by atoms with E-state index in [9.17, 15) is 0 Å². The highest BCUT2D eigenvalue weighted by atomic mass is 14.0. The van der Waals surface area contributed by atoms with E-state index in [0.29, 0.717) is 0 Å². The zero-order chi connectivity index (χ0) is 7.98. The first kappa shape index (κ1) is 9.48. The maximum Gasteiger partial charge on any atom is -0.0259 e. The molecule has 0 saturated carbocycles. The van der Waals surface area contributed by atoms with Crippen molar-refractivity contribution in [3.63, 3.8) is 0 Å². The molecular formula is C10H18. The Bertz CT molecular complexity index is 129. The molecule has 0 saturated heterocycles. The summed E-state index contributed by atoms with van der Waals surface area (Å²) in [5.74, 6) is 0.719. The van der Waals surface area contributed by atoms with Crippen LogP contribution >= 0.6 is 0 Å². The fourth-order valence-electron chi connectivity index (χ4n) is 0.885. The van der Waals surface area contributed by atoms with Gasteiger partial charge in [0.25, 0.3) is 0 Å². The summed E-state index contributed by atoms with van der Waals surface area (Å²) in [5, 5.41) is 0. The Morgan fingerprint density at radius 3 is 2.50 bits per heavy atom. The molecule has 0 heteroatoms. The molecule has 0 aromatic heterocycles. The lowest BCUT2D eigenvalue weighted by Gasteiger charge is -2.00. The molecule has 0 rings (SSSR count). The molecule has 0 bridgehead atoms. The van der Waals surface area contributed by atoms with Crippen LogP contribution in [0.5, 0.6) is 0 Å². The van der Waals surface area contributed by atoms with E-state index in [1.165, 1.54) is 12.0 Å². The molecule has 1 unspecified atom stereocenters. The lowest BCUT2D eigenvalue weighted by Crippen LogP contribution is -1.85. The molecule has 0 heterocycles. The molecule has 0 radical (unpaired) electrons. The Kier molecular flexibility index (Phi) is 5.00. The molecule has 0 aliphatic rings. The Labute approximate surface area is 64.6 Å². The molecule has 0 amide bonds. The Morgan fingerprint density at radius 2 is 2.10 bits per heavy atom. The largest absolute Gasteiger partial charge is 0.0874 e. The van der Waals surface area contributed by atoms with Crippen molar-refractivity contribution in [2.75, 3.05) is 0 Å². The van der Waals surface area contributed by atoms with Crippen LogP contribution in [0.2, 0.25) is 0 Å².